The van der Waals surface area contributed by atoms with Gasteiger partial charge in [0.15, 0.2) is 0 Å². The van der Waals surface area contributed by atoms with E-state index in [4.69, 9.17) is 5.73 Å². The van der Waals surface area contributed by atoms with Gasteiger partial charge in [0.25, 0.3) is 0 Å². The van der Waals surface area contributed by atoms with Gasteiger partial charge in [0.05, 0.1) is 0 Å². The number of amides is 1. The molecule has 1 amide bonds. The van der Waals surface area contributed by atoms with Crippen LogP contribution >= 0.6 is 0 Å². The van der Waals surface area contributed by atoms with Crippen molar-refractivity contribution in [3.05, 3.63) is 29.3 Å². The Morgan fingerprint density at radius 3 is 2.84 bits per heavy atom. The number of hydrogen-bond acceptors (Lipinski definition) is 2. The quantitative estimate of drug-likeness (QED) is 0.872. The van der Waals surface area contributed by atoms with Crippen molar-refractivity contribution in [3.63, 3.8) is 0 Å². The highest BCUT2D eigenvalue weighted by Gasteiger charge is 2.18. The maximum Gasteiger partial charge on any atom is 0.248 e. The SMILES string of the molecule is Cc1cc(C(N)=O)ccc1NCC1CCCC(C)C1. The fraction of sp³-hybridized carbons (Fsp3) is 0.562. The lowest BCUT2D eigenvalue weighted by atomic mass is 9.82. The average Bonchev–Trinajstić information content (AvgIpc) is 2.37. The second-order valence-corrected chi connectivity index (χ2v) is 5.91. The minimum absolute atomic E-state index is 0.365. The van der Waals surface area contributed by atoms with Crippen LogP contribution in [0.15, 0.2) is 18.2 Å². The van der Waals surface area contributed by atoms with Gasteiger partial charge in [-0.2, -0.15) is 0 Å². The van der Waals surface area contributed by atoms with Gasteiger partial charge in [-0.1, -0.05) is 19.8 Å². The Hall–Kier alpha value is -1.51. The monoisotopic (exact) mass is 260 g/mol. The predicted octanol–water partition coefficient (Wildman–Crippen LogP) is 3.33. The largest absolute Gasteiger partial charge is 0.385 e. The maximum absolute atomic E-state index is 11.1. The molecule has 3 heteroatoms. The number of rotatable bonds is 4. The van der Waals surface area contributed by atoms with Crippen molar-refractivity contribution in [2.24, 2.45) is 17.6 Å². The van der Waals surface area contributed by atoms with E-state index in [-0.39, 0.29) is 5.91 Å². The highest BCUT2D eigenvalue weighted by Crippen LogP contribution is 2.29. The van der Waals surface area contributed by atoms with Gasteiger partial charge in [0.1, 0.15) is 0 Å². The lowest BCUT2D eigenvalue weighted by Crippen LogP contribution is -2.21. The number of aryl methyl sites for hydroxylation is 1. The molecule has 2 rings (SSSR count). The summed E-state index contributed by atoms with van der Waals surface area (Å²) in [6.45, 7) is 5.39. The number of carbonyl (C=O) groups is 1. The van der Waals surface area contributed by atoms with Crippen molar-refractivity contribution in [1.82, 2.24) is 0 Å². The predicted molar refractivity (Wildman–Crippen MR) is 79.3 cm³/mol. The summed E-state index contributed by atoms with van der Waals surface area (Å²) >= 11 is 0. The zero-order valence-corrected chi connectivity index (χ0v) is 11.9. The fourth-order valence-electron chi connectivity index (χ4n) is 3.01. The van der Waals surface area contributed by atoms with E-state index < -0.39 is 0 Å². The minimum Gasteiger partial charge on any atom is -0.385 e. The molecule has 1 aromatic carbocycles. The number of carbonyl (C=O) groups excluding carboxylic acids is 1. The van der Waals surface area contributed by atoms with Crippen LogP contribution in [0.4, 0.5) is 5.69 Å². The highest BCUT2D eigenvalue weighted by molar-refractivity contribution is 5.93. The Balaban J connectivity index is 1.94. The molecule has 104 valence electrons. The Kier molecular flexibility index (Phi) is 4.46. The Bertz CT molecular complexity index is 456. The molecule has 0 aliphatic heterocycles. The summed E-state index contributed by atoms with van der Waals surface area (Å²) in [5, 5.41) is 3.52. The molecule has 1 aliphatic carbocycles. The van der Waals surface area contributed by atoms with Crippen LogP contribution in [0.5, 0.6) is 0 Å². The minimum atomic E-state index is -0.365. The lowest BCUT2D eigenvalue weighted by Gasteiger charge is -2.27. The van der Waals surface area contributed by atoms with Crippen molar-refractivity contribution in [1.29, 1.82) is 0 Å². The Labute approximate surface area is 115 Å². The van der Waals surface area contributed by atoms with E-state index in [1.807, 2.05) is 19.1 Å². The second-order valence-electron chi connectivity index (χ2n) is 5.91. The first-order valence-electron chi connectivity index (χ1n) is 7.20. The first-order valence-corrected chi connectivity index (χ1v) is 7.20. The van der Waals surface area contributed by atoms with E-state index in [2.05, 4.69) is 12.2 Å². The van der Waals surface area contributed by atoms with Gasteiger partial charge in [-0.15, -0.1) is 0 Å². The topological polar surface area (TPSA) is 55.1 Å². The van der Waals surface area contributed by atoms with Crippen LogP contribution in [0.1, 0.15) is 48.5 Å². The molecule has 0 bridgehead atoms. The molecule has 0 aromatic heterocycles. The van der Waals surface area contributed by atoms with Crippen LogP contribution in [-0.4, -0.2) is 12.5 Å². The van der Waals surface area contributed by atoms with Crippen LogP contribution < -0.4 is 11.1 Å². The molecule has 1 fully saturated rings. The molecule has 1 aromatic rings. The van der Waals surface area contributed by atoms with Crippen molar-refractivity contribution >= 4 is 11.6 Å². The summed E-state index contributed by atoms with van der Waals surface area (Å²) in [7, 11) is 0. The summed E-state index contributed by atoms with van der Waals surface area (Å²) < 4.78 is 0. The van der Waals surface area contributed by atoms with Crippen LogP contribution in [-0.2, 0) is 0 Å². The van der Waals surface area contributed by atoms with Gasteiger partial charge in [-0.3, -0.25) is 4.79 Å². The maximum atomic E-state index is 11.1. The molecule has 2 unspecified atom stereocenters. The number of nitrogens with two attached hydrogens (primary N) is 1. The molecule has 0 saturated heterocycles. The highest BCUT2D eigenvalue weighted by atomic mass is 16.1. The molecular weight excluding hydrogens is 236 g/mol. The smallest absolute Gasteiger partial charge is 0.248 e. The van der Waals surface area contributed by atoms with Crippen LogP contribution in [0, 0.1) is 18.8 Å². The zero-order chi connectivity index (χ0) is 13.8. The van der Waals surface area contributed by atoms with Gasteiger partial charge in [-0.25, -0.2) is 0 Å². The van der Waals surface area contributed by atoms with Crippen molar-refractivity contribution in [2.45, 2.75) is 39.5 Å². The van der Waals surface area contributed by atoms with Gasteiger partial charge in [0, 0.05) is 17.8 Å². The number of primary amides is 1. The zero-order valence-electron chi connectivity index (χ0n) is 11.9. The van der Waals surface area contributed by atoms with E-state index >= 15 is 0 Å². The average molecular weight is 260 g/mol. The molecule has 3 N–H and O–H groups in total. The third-order valence-corrected chi connectivity index (χ3v) is 4.14. The molecular formula is C16H24N2O. The van der Waals surface area contributed by atoms with Gasteiger partial charge >= 0.3 is 0 Å². The van der Waals surface area contributed by atoms with E-state index in [9.17, 15) is 4.79 Å². The number of benzene rings is 1. The number of nitrogens with one attached hydrogen (secondary N) is 1. The number of hydrogen-bond donors (Lipinski definition) is 2. The summed E-state index contributed by atoms with van der Waals surface area (Å²) in [5.41, 5.74) is 8.06. The molecule has 1 aliphatic rings. The van der Waals surface area contributed by atoms with Gasteiger partial charge in [-0.05, 0) is 55.4 Å². The van der Waals surface area contributed by atoms with E-state index in [1.54, 1.807) is 6.07 Å². The summed E-state index contributed by atoms with van der Waals surface area (Å²) in [4.78, 5) is 11.1. The normalized spacial score (nSPS) is 23.1. The molecule has 19 heavy (non-hydrogen) atoms. The molecule has 2 atom stereocenters. The van der Waals surface area contributed by atoms with E-state index in [0.29, 0.717) is 5.56 Å². The summed E-state index contributed by atoms with van der Waals surface area (Å²) in [6.07, 6.45) is 5.39. The summed E-state index contributed by atoms with van der Waals surface area (Å²) in [6, 6.07) is 5.61. The fourth-order valence-corrected chi connectivity index (χ4v) is 3.01. The van der Waals surface area contributed by atoms with Crippen molar-refractivity contribution < 1.29 is 4.79 Å². The van der Waals surface area contributed by atoms with Crippen molar-refractivity contribution in [2.75, 3.05) is 11.9 Å². The standard InChI is InChI=1S/C16H24N2O/c1-11-4-3-5-13(8-11)10-18-15-7-6-14(16(17)19)9-12(15)2/h6-7,9,11,13,18H,3-5,8,10H2,1-2H3,(H2,17,19). The molecule has 1 saturated carbocycles. The van der Waals surface area contributed by atoms with Gasteiger partial charge < -0.3 is 11.1 Å². The van der Waals surface area contributed by atoms with Crippen molar-refractivity contribution in [3.8, 4) is 0 Å². The van der Waals surface area contributed by atoms with Crippen LogP contribution in [0.25, 0.3) is 0 Å². The Morgan fingerprint density at radius 2 is 2.21 bits per heavy atom. The first-order chi connectivity index (χ1) is 9.06. The van der Waals surface area contributed by atoms with E-state index in [1.165, 1.54) is 25.7 Å². The number of anilines is 1. The lowest BCUT2D eigenvalue weighted by molar-refractivity contribution is 0.1000. The molecule has 0 radical (unpaired) electrons. The first kappa shape index (κ1) is 13.9. The molecule has 0 heterocycles. The second kappa shape index (κ2) is 6.09. The molecule has 3 nitrogen and oxygen atoms in total. The third-order valence-electron chi connectivity index (χ3n) is 4.14. The molecule has 0 spiro atoms. The van der Waals surface area contributed by atoms with Gasteiger partial charge in [0.2, 0.25) is 5.91 Å². The summed E-state index contributed by atoms with van der Waals surface area (Å²) in [5.74, 6) is 1.27. The van der Waals surface area contributed by atoms with Crippen LogP contribution in [0.2, 0.25) is 0 Å². The third kappa shape index (κ3) is 3.72. The Morgan fingerprint density at radius 1 is 1.42 bits per heavy atom. The van der Waals surface area contributed by atoms with E-state index in [0.717, 1.165) is 29.6 Å². The van der Waals surface area contributed by atoms with Crippen LogP contribution in [0.3, 0.4) is 0 Å².